The molecule has 120 valence electrons. The molecule has 0 aromatic carbocycles. The fraction of sp³-hybridized carbons (Fsp3) is 0.667. The lowest BCUT2D eigenvalue weighted by atomic mass is 10.2. The molecule has 0 saturated carbocycles. The number of carbonyl (C=O) groups is 1. The molecule has 0 spiro atoms. The third-order valence-electron chi connectivity index (χ3n) is 2.79. The Balaban J connectivity index is 2.41. The summed E-state index contributed by atoms with van der Waals surface area (Å²) in [5.74, 6) is -0.955. The van der Waals surface area contributed by atoms with Crippen molar-refractivity contribution in [3.05, 3.63) is 12.4 Å². The number of hydrogen-bond acceptors (Lipinski definition) is 5. The summed E-state index contributed by atoms with van der Waals surface area (Å²) in [6.45, 7) is 1.16. The molecule has 9 heteroatoms. The van der Waals surface area contributed by atoms with Crippen molar-refractivity contribution < 1.29 is 23.1 Å². The van der Waals surface area contributed by atoms with E-state index < -0.39 is 16.0 Å². The molecule has 21 heavy (non-hydrogen) atoms. The van der Waals surface area contributed by atoms with Gasteiger partial charge < -0.3 is 9.84 Å². The lowest BCUT2D eigenvalue weighted by Gasteiger charge is -2.04. The number of rotatable bonds is 11. The van der Waals surface area contributed by atoms with E-state index in [-0.39, 0.29) is 17.9 Å². The van der Waals surface area contributed by atoms with Crippen molar-refractivity contribution in [2.75, 3.05) is 20.3 Å². The van der Waals surface area contributed by atoms with Gasteiger partial charge in [0.15, 0.2) is 0 Å². The highest BCUT2D eigenvalue weighted by molar-refractivity contribution is 7.89. The summed E-state index contributed by atoms with van der Waals surface area (Å²) in [7, 11) is -1.95. The summed E-state index contributed by atoms with van der Waals surface area (Å²) in [5.41, 5.74) is 0. The number of ether oxygens (including phenoxy) is 1. The van der Waals surface area contributed by atoms with E-state index >= 15 is 0 Å². The van der Waals surface area contributed by atoms with Gasteiger partial charge in [-0.1, -0.05) is 0 Å². The number of nitrogens with one attached hydrogen (secondary N) is 1. The van der Waals surface area contributed by atoms with Gasteiger partial charge in [0.1, 0.15) is 4.90 Å². The Hall–Kier alpha value is -1.45. The minimum atomic E-state index is -3.58. The Morgan fingerprint density at radius 2 is 2.19 bits per heavy atom. The van der Waals surface area contributed by atoms with Crippen LogP contribution in [0.2, 0.25) is 0 Å². The van der Waals surface area contributed by atoms with Crippen molar-refractivity contribution in [3.63, 3.8) is 0 Å². The minimum absolute atomic E-state index is 0.0461. The fourth-order valence-electron chi connectivity index (χ4n) is 1.65. The van der Waals surface area contributed by atoms with Gasteiger partial charge in [-0.3, -0.25) is 9.48 Å². The first-order valence-corrected chi connectivity index (χ1v) is 8.17. The first-order chi connectivity index (χ1) is 9.95. The van der Waals surface area contributed by atoms with E-state index in [1.54, 1.807) is 7.11 Å². The van der Waals surface area contributed by atoms with Gasteiger partial charge >= 0.3 is 5.97 Å². The monoisotopic (exact) mass is 319 g/mol. The highest BCUT2D eigenvalue weighted by atomic mass is 32.2. The molecule has 1 aromatic rings. The van der Waals surface area contributed by atoms with Crippen LogP contribution in [-0.4, -0.2) is 49.5 Å². The number of carboxylic acid groups (broad SMARTS) is 1. The van der Waals surface area contributed by atoms with Crippen molar-refractivity contribution >= 4 is 16.0 Å². The first-order valence-electron chi connectivity index (χ1n) is 6.68. The van der Waals surface area contributed by atoms with Crippen molar-refractivity contribution in [1.29, 1.82) is 0 Å². The number of nitrogens with zero attached hydrogens (tertiary/aromatic N) is 2. The number of hydrogen-bond donors (Lipinski definition) is 2. The number of carboxylic acids is 1. The molecule has 2 N–H and O–H groups in total. The molecule has 0 bridgehead atoms. The Kier molecular flexibility index (Phi) is 7.34. The average molecular weight is 319 g/mol. The predicted molar refractivity (Wildman–Crippen MR) is 75.4 cm³/mol. The second kappa shape index (κ2) is 8.75. The van der Waals surface area contributed by atoms with E-state index in [0.717, 1.165) is 19.3 Å². The van der Waals surface area contributed by atoms with E-state index in [1.165, 1.54) is 17.1 Å². The van der Waals surface area contributed by atoms with Crippen LogP contribution >= 0.6 is 0 Å². The molecular formula is C12H21N3O5S. The van der Waals surface area contributed by atoms with Crippen LogP contribution in [-0.2, 0) is 26.1 Å². The standard InChI is InChI=1S/C12H21N3O5S/c1-20-8-4-2-3-6-14-21(18,19)11-9-13-15(10-11)7-5-12(16)17/h9-10,14H,2-8H2,1H3,(H,16,17). The predicted octanol–water partition coefficient (Wildman–Crippen LogP) is 0.453. The van der Waals surface area contributed by atoms with Gasteiger partial charge in [0.2, 0.25) is 10.0 Å². The lowest BCUT2D eigenvalue weighted by Crippen LogP contribution is -2.24. The number of sulfonamides is 1. The molecule has 1 heterocycles. The Bertz CT molecular complexity index is 541. The number of aliphatic carboxylic acids is 1. The smallest absolute Gasteiger partial charge is 0.305 e. The molecule has 1 rings (SSSR count). The van der Waals surface area contributed by atoms with E-state index in [9.17, 15) is 13.2 Å². The van der Waals surface area contributed by atoms with Crippen LogP contribution in [0, 0.1) is 0 Å². The summed E-state index contributed by atoms with van der Waals surface area (Å²) in [4.78, 5) is 10.5. The first kappa shape index (κ1) is 17.6. The van der Waals surface area contributed by atoms with Gasteiger partial charge in [-0.15, -0.1) is 0 Å². The van der Waals surface area contributed by atoms with Crippen molar-refractivity contribution in [3.8, 4) is 0 Å². The summed E-state index contributed by atoms with van der Waals surface area (Å²) in [6.07, 6.45) is 4.95. The average Bonchev–Trinajstić information content (AvgIpc) is 2.90. The summed E-state index contributed by atoms with van der Waals surface area (Å²) >= 11 is 0. The van der Waals surface area contributed by atoms with Crippen molar-refractivity contribution in [2.24, 2.45) is 0 Å². The van der Waals surface area contributed by atoms with Crippen LogP contribution in [0.15, 0.2) is 17.3 Å². The quantitative estimate of drug-likeness (QED) is 0.573. The number of aryl methyl sites for hydroxylation is 1. The van der Waals surface area contributed by atoms with Gasteiger partial charge in [0.25, 0.3) is 0 Å². The number of methoxy groups -OCH3 is 1. The van der Waals surface area contributed by atoms with Gasteiger partial charge in [-0.05, 0) is 19.3 Å². The second-order valence-electron chi connectivity index (χ2n) is 4.53. The van der Waals surface area contributed by atoms with Gasteiger partial charge in [0, 0.05) is 26.5 Å². The second-order valence-corrected chi connectivity index (χ2v) is 6.30. The van der Waals surface area contributed by atoms with Gasteiger partial charge in [0.05, 0.1) is 19.2 Å². The number of aromatic nitrogens is 2. The zero-order chi connectivity index (χ0) is 15.7. The maximum Gasteiger partial charge on any atom is 0.305 e. The highest BCUT2D eigenvalue weighted by Gasteiger charge is 2.15. The van der Waals surface area contributed by atoms with Crippen molar-refractivity contribution in [2.45, 2.75) is 37.1 Å². The Labute approximate surface area is 124 Å². The van der Waals surface area contributed by atoms with Gasteiger partial charge in [-0.25, -0.2) is 13.1 Å². The molecule has 0 saturated heterocycles. The molecule has 0 atom stereocenters. The zero-order valence-corrected chi connectivity index (χ0v) is 12.8. The molecule has 0 amide bonds. The zero-order valence-electron chi connectivity index (χ0n) is 12.0. The molecule has 0 aliphatic carbocycles. The van der Waals surface area contributed by atoms with E-state index in [4.69, 9.17) is 9.84 Å². The SMILES string of the molecule is COCCCCCNS(=O)(=O)c1cnn(CCC(=O)O)c1. The molecule has 0 unspecified atom stereocenters. The number of unbranched alkanes of at least 4 members (excludes halogenated alkanes) is 2. The van der Waals surface area contributed by atoms with Crippen LogP contribution in [0.1, 0.15) is 25.7 Å². The molecule has 1 aromatic heterocycles. The minimum Gasteiger partial charge on any atom is -0.481 e. The van der Waals surface area contributed by atoms with E-state index in [1.807, 2.05) is 0 Å². The Morgan fingerprint density at radius 3 is 2.86 bits per heavy atom. The maximum absolute atomic E-state index is 12.0. The topological polar surface area (TPSA) is 111 Å². The van der Waals surface area contributed by atoms with Gasteiger partial charge in [-0.2, -0.15) is 5.10 Å². The molecular weight excluding hydrogens is 298 g/mol. The van der Waals surface area contributed by atoms with Crippen LogP contribution < -0.4 is 4.72 Å². The summed E-state index contributed by atoms with van der Waals surface area (Å²) in [6, 6.07) is 0. The van der Waals surface area contributed by atoms with E-state index in [0.29, 0.717) is 13.2 Å². The maximum atomic E-state index is 12.0. The van der Waals surface area contributed by atoms with Crippen LogP contribution in [0.5, 0.6) is 0 Å². The molecule has 0 aliphatic rings. The fourth-order valence-corrected chi connectivity index (χ4v) is 2.68. The molecule has 0 aliphatic heterocycles. The summed E-state index contributed by atoms with van der Waals surface area (Å²) < 4.78 is 32.6. The molecule has 8 nitrogen and oxygen atoms in total. The third-order valence-corrected chi connectivity index (χ3v) is 4.21. The molecule has 0 fully saturated rings. The van der Waals surface area contributed by atoms with Crippen molar-refractivity contribution in [1.82, 2.24) is 14.5 Å². The van der Waals surface area contributed by atoms with Crippen LogP contribution in [0.25, 0.3) is 0 Å². The molecule has 0 radical (unpaired) electrons. The lowest BCUT2D eigenvalue weighted by molar-refractivity contribution is -0.137. The van der Waals surface area contributed by atoms with E-state index in [2.05, 4.69) is 9.82 Å². The van der Waals surface area contributed by atoms with Crippen LogP contribution in [0.3, 0.4) is 0 Å². The Morgan fingerprint density at radius 1 is 1.43 bits per heavy atom. The third kappa shape index (κ3) is 6.69. The highest BCUT2D eigenvalue weighted by Crippen LogP contribution is 2.07. The normalized spacial score (nSPS) is 11.7. The van der Waals surface area contributed by atoms with Crippen LogP contribution in [0.4, 0.5) is 0 Å². The summed E-state index contributed by atoms with van der Waals surface area (Å²) in [5, 5.41) is 12.4. The largest absolute Gasteiger partial charge is 0.481 e.